The van der Waals surface area contributed by atoms with E-state index in [0.29, 0.717) is 0 Å². The summed E-state index contributed by atoms with van der Waals surface area (Å²) in [5.41, 5.74) is -0.106. The molecule has 0 saturated heterocycles. The van der Waals surface area contributed by atoms with Gasteiger partial charge in [-0.2, -0.15) is 8.78 Å². The number of rotatable bonds is 5. The summed E-state index contributed by atoms with van der Waals surface area (Å²) in [7, 11) is 0. The third-order valence-electron chi connectivity index (χ3n) is 1.86. The molecule has 1 aromatic rings. The van der Waals surface area contributed by atoms with Crippen LogP contribution in [0.4, 0.5) is 22.0 Å². The molecule has 0 unspecified atom stereocenters. The molecule has 0 aliphatic rings. The zero-order chi connectivity index (χ0) is 13.8. The maximum absolute atomic E-state index is 13.0. The van der Waals surface area contributed by atoms with E-state index in [1.807, 2.05) is 0 Å². The smallest absolute Gasteiger partial charge is 0.340 e. The van der Waals surface area contributed by atoms with Gasteiger partial charge in [0.1, 0.15) is 11.5 Å². The summed E-state index contributed by atoms with van der Waals surface area (Å²) < 4.78 is 66.0. The average Bonchev–Trinajstić information content (AvgIpc) is 2.36. The highest BCUT2D eigenvalue weighted by molar-refractivity contribution is 5.53. The predicted octanol–water partition coefficient (Wildman–Crippen LogP) is 3.09. The fraction of sp³-hybridized carbons (Fsp3) is 0.400. The molecule has 0 aliphatic carbocycles. The van der Waals surface area contributed by atoms with Crippen LogP contribution in [0, 0.1) is 0 Å². The van der Waals surface area contributed by atoms with Crippen LogP contribution < -0.4 is 4.74 Å². The minimum atomic E-state index is -4.27. The lowest BCUT2D eigenvalue weighted by Crippen LogP contribution is -2.33. The van der Waals surface area contributed by atoms with Gasteiger partial charge in [0.2, 0.25) is 5.88 Å². The van der Waals surface area contributed by atoms with Crippen molar-refractivity contribution in [2.75, 3.05) is 6.61 Å². The molecule has 3 nitrogen and oxygen atoms in total. The first-order chi connectivity index (χ1) is 8.36. The van der Waals surface area contributed by atoms with Gasteiger partial charge in [-0.25, -0.2) is 23.1 Å². The standard InChI is InChI=1S/C10H9F5N2O/c1-2-6(11)7-3-17-8(4-16-7)18-5-10(14,15)9(12)13/h2-4,9H,5H2,1H3/b6-2-. The Bertz CT molecular complexity index is 419. The molecular weight excluding hydrogens is 259 g/mol. The van der Waals surface area contributed by atoms with Crippen LogP contribution in [-0.2, 0) is 0 Å². The first kappa shape index (κ1) is 14.3. The Balaban J connectivity index is 2.65. The topological polar surface area (TPSA) is 35.0 Å². The van der Waals surface area contributed by atoms with Gasteiger partial charge in [0.05, 0.1) is 12.4 Å². The minimum Gasteiger partial charge on any atom is -0.470 e. The van der Waals surface area contributed by atoms with Crippen molar-refractivity contribution >= 4 is 5.83 Å². The molecule has 1 rings (SSSR count). The molecule has 0 fully saturated rings. The molecule has 0 atom stereocenters. The number of hydrogen-bond donors (Lipinski definition) is 0. The Kier molecular flexibility index (Phi) is 4.57. The molecule has 0 aromatic carbocycles. The van der Waals surface area contributed by atoms with Gasteiger partial charge in [-0.05, 0) is 13.0 Å². The van der Waals surface area contributed by atoms with Crippen LogP contribution in [0.3, 0.4) is 0 Å². The average molecular weight is 268 g/mol. The van der Waals surface area contributed by atoms with E-state index in [4.69, 9.17) is 0 Å². The van der Waals surface area contributed by atoms with Crippen molar-refractivity contribution in [2.45, 2.75) is 19.3 Å². The van der Waals surface area contributed by atoms with E-state index in [2.05, 4.69) is 14.7 Å². The first-order valence-electron chi connectivity index (χ1n) is 4.80. The summed E-state index contributed by atoms with van der Waals surface area (Å²) in [6, 6.07) is 0. The van der Waals surface area contributed by atoms with Gasteiger partial charge in [0.25, 0.3) is 0 Å². The lowest BCUT2D eigenvalue weighted by Gasteiger charge is -2.15. The maximum atomic E-state index is 13.0. The van der Waals surface area contributed by atoms with Crippen LogP contribution in [0.5, 0.6) is 5.88 Å². The van der Waals surface area contributed by atoms with Crippen molar-refractivity contribution in [1.82, 2.24) is 9.97 Å². The van der Waals surface area contributed by atoms with Crippen LogP contribution in [0.15, 0.2) is 18.5 Å². The Morgan fingerprint density at radius 2 is 2.06 bits per heavy atom. The second-order valence-corrected chi connectivity index (χ2v) is 3.23. The monoisotopic (exact) mass is 268 g/mol. The van der Waals surface area contributed by atoms with Gasteiger partial charge in [-0.15, -0.1) is 0 Å². The van der Waals surface area contributed by atoms with Gasteiger partial charge in [0.15, 0.2) is 6.61 Å². The largest absolute Gasteiger partial charge is 0.470 e. The number of halogens is 5. The van der Waals surface area contributed by atoms with Gasteiger partial charge in [-0.1, -0.05) is 0 Å². The van der Waals surface area contributed by atoms with E-state index >= 15 is 0 Å². The summed E-state index contributed by atoms with van der Waals surface area (Å²) >= 11 is 0. The summed E-state index contributed by atoms with van der Waals surface area (Å²) in [6.45, 7) is -0.0879. The number of hydrogen-bond acceptors (Lipinski definition) is 3. The lowest BCUT2D eigenvalue weighted by atomic mass is 10.4. The van der Waals surface area contributed by atoms with Crippen molar-refractivity contribution in [3.63, 3.8) is 0 Å². The maximum Gasteiger partial charge on any atom is 0.340 e. The van der Waals surface area contributed by atoms with Crippen molar-refractivity contribution in [3.05, 3.63) is 24.2 Å². The molecule has 100 valence electrons. The van der Waals surface area contributed by atoms with Crippen molar-refractivity contribution in [3.8, 4) is 5.88 Å². The fourth-order valence-corrected chi connectivity index (χ4v) is 0.895. The van der Waals surface area contributed by atoms with Gasteiger partial charge in [0, 0.05) is 0 Å². The molecule has 0 saturated carbocycles. The zero-order valence-corrected chi connectivity index (χ0v) is 9.21. The van der Waals surface area contributed by atoms with Crippen molar-refractivity contribution < 1.29 is 26.7 Å². The van der Waals surface area contributed by atoms with E-state index < -0.39 is 24.8 Å². The SMILES string of the molecule is C/C=C(\F)c1cnc(OCC(F)(F)C(F)F)cn1. The highest BCUT2D eigenvalue weighted by Gasteiger charge is 2.41. The van der Waals surface area contributed by atoms with E-state index in [1.54, 1.807) is 0 Å². The van der Waals surface area contributed by atoms with E-state index in [-0.39, 0.29) is 11.6 Å². The quantitative estimate of drug-likeness (QED) is 0.770. The molecule has 1 heterocycles. The molecular formula is C10H9F5N2O. The van der Waals surface area contributed by atoms with Gasteiger partial charge < -0.3 is 4.74 Å². The van der Waals surface area contributed by atoms with E-state index in [1.165, 1.54) is 6.92 Å². The molecule has 0 N–H and O–H groups in total. The van der Waals surface area contributed by atoms with Crippen LogP contribution in [0.1, 0.15) is 12.6 Å². The summed E-state index contributed by atoms with van der Waals surface area (Å²) in [5, 5.41) is 0. The molecule has 0 bridgehead atoms. The molecule has 0 radical (unpaired) electrons. The third kappa shape index (κ3) is 3.64. The summed E-state index contributed by atoms with van der Waals surface area (Å²) in [4.78, 5) is 7.00. The Labute approximate surface area is 99.3 Å². The van der Waals surface area contributed by atoms with Crippen LogP contribution in [0.2, 0.25) is 0 Å². The predicted molar refractivity (Wildman–Crippen MR) is 53.2 cm³/mol. The Hall–Kier alpha value is -1.73. The molecule has 1 aromatic heterocycles. The fourth-order valence-electron chi connectivity index (χ4n) is 0.895. The minimum absolute atomic E-state index is 0.106. The summed E-state index contributed by atoms with van der Waals surface area (Å²) in [6.07, 6.45) is -0.870. The van der Waals surface area contributed by atoms with Crippen LogP contribution in [-0.4, -0.2) is 28.9 Å². The van der Waals surface area contributed by atoms with E-state index in [0.717, 1.165) is 18.5 Å². The number of alkyl halides is 4. The highest BCUT2D eigenvalue weighted by atomic mass is 19.3. The Morgan fingerprint density at radius 3 is 2.50 bits per heavy atom. The second-order valence-electron chi connectivity index (χ2n) is 3.23. The van der Waals surface area contributed by atoms with Crippen LogP contribution >= 0.6 is 0 Å². The number of nitrogens with zero attached hydrogens (tertiary/aromatic N) is 2. The zero-order valence-electron chi connectivity index (χ0n) is 9.21. The first-order valence-corrected chi connectivity index (χ1v) is 4.80. The van der Waals surface area contributed by atoms with E-state index in [9.17, 15) is 22.0 Å². The number of aromatic nitrogens is 2. The molecule has 18 heavy (non-hydrogen) atoms. The molecule has 0 amide bonds. The number of allylic oxidation sites excluding steroid dienone is 1. The van der Waals surface area contributed by atoms with Gasteiger partial charge in [-0.3, -0.25) is 0 Å². The molecule has 0 aliphatic heterocycles. The van der Waals surface area contributed by atoms with Gasteiger partial charge >= 0.3 is 12.3 Å². The molecule has 8 heteroatoms. The van der Waals surface area contributed by atoms with Crippen LogP contribution in [0.25, 0.3) is 5.83 Å². The summed E-state index contributed by atoms with van der Waals surface area (Å²) in [5.74, 6) is -5.30. The van der Waals surface area contributed by atoms with Crippen molar-refractivity contribution in [2.24, 2.45) is 0 Å². The highest BCUT2D eigenvalue weighted by Crippen LogP contribution is 2.23. The lowest BCUT2D eigenvalue weighted by molar-refractivity contribution is -0.148. The Morgan fingerprint density at radius 1 is 1.39 bits per heavy atom. The second kappa shape index (κ2) is 5.74. The number of ether oxygens (including phenoxy) is 1. The molecule has 0 spiro atoms. The van der Waals surface area contributed by atoms with Crippen molar-refractivity contribution in [1.29, 1.82) is 0 Å². The third-order valence-corrected chi connectivity index (χ3v) is 1.86. The normalized spacial score (nSPS) is 12.9.